The van der Waals surface area contributed by atoms with Gasteiger partial charge < -0.3 is 19.5 Å². The third kappa shape index (κ3) is 6.40. The van der Waals surface area contributed by atoms with Crippen molar-refractivity contribution < 1.29 is 23.8 Å². The molecule has 0 saturated carbocycles. The van der Waals surface area contributed by atoms with E-state index in [9.17, 15) is 9.59 Å². The lowest BCUT2D eigenvalue weighted by Crippen LogP contribution is -2.42. The van der Waals surface area contributed by atoms with Crippen molar-refractivity contribution in [1.29, 1.82) is 0 Å². The Bertz CT molecular complexity index is 850. The normalized spacial score (nSPS) is 10.9. The van der Waals surface area contributed by atoms with E-state index in [1.165, 1.54) is 0 Å². The second kappa shape index (κ2) is 10.0. The first kappa shape index (κ1) is 23.1. The summed E-state index contributed by atoms with van der Waals surface area (Å²) in [6, 6.07) is 13.2. The van der Waals surface area contributed by atoms with E-state index in [0.717, 1.165) is 11.1 Å². The maximum absolute atomic E-state index is 13.2. The number of benzene rings is 2. The number of rotatable bonds is 7. The number of carbonyl (C=O) groups is 2. The molecule has 0 bridgehead atoms. The first-order valence-electron chi connectivity index (χ1n) is 9.68. The molecule has 7 heteroatoms. The fourth-order valence-electron chi connectivity index (χ4n) is 2.91. The maximum Gasteiger partial charge on any atom is 0.408 e. The molecule has 0 atom stereocenters. The van der Waals surface area contributed by atoms with E-state index >= 15 is 0 Å². The number of hydrogen-bond acceptors (Lipinski definition) is 5. The van der Waals surface area contributed by atoms with Crippen LogP contribution in [0.4, 0.5) is 10.5 Å². The number of hydrogen-bond donors (Lipinski definition) is 1. The summed E-state index contributed by atoms with van der Waals surface area (Å²) >= 11 is 0. The first-order chi connectivity index (χ1) is 14.1. The number of ether oxygens (including phenoxy) is 3. The number of methoxy groups -OCH3 is 2. The average Bonchev–Trinajstić information content (AvgIpc) is 2.69. The molecule has 162 valence electrons. The Kier molecular flexibility index (Phi) is 7.69. The van der Waals surface area contributed by atoms with Gasteiger partial charge in [0.1, 0.15) is 29.3 Å². The topological polar surface area (TPSA) is 77.1 Å². The van der Waals surface area contributed by atoms with Gasteiger partial charge in [0.15, 0.2) is 0 Å². The predicted octanol–water partition coefficient (Wildman–Crippen LogP) is 4.07. The van der Waals surface area contributed by atoms with Crippen LogP contribution in [0.5, 0.6) is 11.5 Å². The molecule has 0 aliphatic heterocycles. The van der Waals surface area contributed by atoms with Gasteiger partial charge in [0.25, 0.3) is 0 Å². The average molecular weight is 415 g/mol. The van der Waals surface area contributed by atoms with Crippen molar-refractivity contribution in [3.8, 4) is 11.5 Å². The second-order valence-electron chi connectivity index (χ2n) is 7.84. The second-order valence-corrected chi connectivity index (χ2v) is 7.84. The zero-order valence-electron chi connectivity index (χ0n) is 18.4. The van der Waals surface area contributed by atoms with Crippen LogP contribution in [-0.2, 0) is 16.1 Å². The van der Waals surface area contributed by atoms with Crippen LogP contribution in [-0.4, -0.2) is 38.4 Å². The van der Waals surface area contributed by atoms with Crippen molar-refractivity contribution in [3.63, 3.8) is 0 Å². The number of nitrogens with zero attached hydrogens (tertiary/aromatic N) is 1. The fraction of sp³-hybridized carbons (Fsp3) is 0.391. The molecule has 0 radical (unpaired) electrons. The van der Waals surface area contributed by atoms with Gasteiger partial charge in [-0.3, -0.25) is 9.69 Å². The van der Waals surface area contributed by atoms with E-state index in [0.29, 0.717) is 17.2 Å². The van der Waals surface area contributed by atoms with Crippen LogP contribution in [0.1, 0.15) is 31.9 Å². The minimum atomic E-state index is -0.654. The number of anilines is 1. The Morgan fingerprint density at radius 1 is 1.00 bits per heavy atom. The third-order valence-electron chi connectivity index (χ3n) is 4.16. The quantitative estimate of drug-likeness (QED) is 0.739. The molecule has 0 spiro atoms. The van der Waals surface area contributed by atoms with Crippen molar-refractivity contribution in [1.82, 2.24) is 5.32 Å². The molecule has 0 aliphatic rings. The molecule has 7 nitrogen and oxygen atoms in total. The van der Waals surface area contributed by atoms with E-state index in [1.54, 1.807) is 39.9 Å². The third-order valence-corrected chi connectivity index (χ3v) is 4.16. The van der Waals surface area contributed by atoms with Gasteiger partial charge in [-0.15, -0.1) is 0 Å². The lowest BCUT2D eigenvalue weighted by molar-refractivity contribution is -0.118. The van der Waals surface area contributed by atoms with Crippen molar-refractivity contribution in [2.45, 2.75) is 39.8 Å². The van der Waals surface area contributed by atoms with Crippen LogP contribution in [0.3, 0.4) is 0 Å². The van der Waals surface area contributed by atoms with Crippen LogP contribution in [0.25, 0.3) is 0 Å². The SMILES string of the molecule is COc1cc(C)cc(OC)c1N(Cc1ccccc1)C(=O)CNC(=O)OC(C)(C)C. The smallest absolute Gasteiger partial charge is 0.408 e. The van der Waals surface area contributed by atoms with E-state index in [4.69, 9.17) is 14.2 Å². The highest BCUT2D eigenvalue weighted by atomic mass is 16.6. The zero-order valence-corrected chi connectivity index (χ0v) is 18.4. The summed E-state index contributed by atoms with van der Waals surface area (Å²) in [5.74, 6) is 0.687. The summed E-state index contributed by atoms with van der Waals surface area (Å²) in [5, 5.41) is 2.53. The molecular formula is C23H30N2O5. The Morgan fingerprint density at radius 2 is 1.57 bits per heavy atom. The zero-order chi connectivity index (χ0) is 22.3. The van der Waals surface area contributed by atoms with Crippen molar-refractivity contribution >= 4 is 17.7 Å². The van der Waals surface area contributed by atoms with Crippen molar-refractivity contribution in [3.05, 3.63) is 53.6 Å². The maximum atomic E-state index is 13.2. The van der Waals surface area contributed by atoms with Crippen LogP contribution in [0.15, 0.2) is 42.5 Å². The lowest BCUT2D eigenvalue weighted by atomic mass is 10.1. The highest BCUT2D eigenvalue weighted by molar-refractivity contribution is 5.99. The summed E-state index contributed by atoms with van der Waals surface area (Å²) in [6.45, 7) is 7.25. The summed E-state index contributed by atoms with van der Waals surface area (Å²) < 4.78 is 16.3. The van der Waals surface area contributed by atoms with E-state index in [2.05, 4.69) is 5.32 Å². The van der Waals surface area contributed by atoms with Gasteiger partial charge in [-0.25, -0.2) is 4.79 Å². The minimum absolute atomic E-state index is 0.234. The molecule has 1 N–H and O–H groups in total. The van der Waals surface area contributed by atoms with Crippen molar-refractivity contribution in [2.24, 2.45) is 0 Å². The van der Waals surface area contributed by atoms with Gasteiger partial charge in [-0.2, -0.15) is 0 Å². The van der Waals surface area contributed by atoms with Gasteiger partial charge in [0.05, 0.1) is 20.8 Å². The molecule has 0 heterocycles. The summed E-state index contributed by atoms with van der Waals surface area (Å²) in [7, 11) is 3.09. The Balaban J connectivity index is 2.36. The Hall–Kier alpha value is -3.22. The highest BCUT2D eigenvalue weighted by Gasteiger charge is 2.25. The van der Waals surface area contributed by atoms with Crippen LogP contribution in [0.2, 0.25) is 0 Å². The van der Waals surface area contributed by atoms with Crippen LogP contribution >= 0.6 is 0 Å². The molecule has 2 aromatic carbocycles. The number of amides is 2. The molecule has 0 aliphatic carbocycles. The molecular weight excluding hydrogens is 384 g/mol. The number of aryl methyl sites for hydroxylation is 1. The first-order valence-corrected chi connectivity index (χ1v) is 9.68. The lowest BCUT2D eigenvalue weighted by Gasteiger charge is -2.27. The molecule has 30 heavy (non-hydrogen) atoms. The standard InChI is InChI=1S/C23H30N2O5/c1-16-12-18(28-5)21(19(13-16)29-6)25(15-17-10-8-7-9-11-17)20(26)14-24-22(27)30-23(2,3)4/h7-13H,14-15H2,1-6H3,(H,24,27). The molecule has 2 rings (SSSR count). The molecule has 0 saturated heterocycles. The molecule has 2 aromatic rings. The molecule has 0 unspecified atom stereocenters. The van der Waals surface area contributed by atoms with Gasteiger partial charge in [-0.1, -0.05) is 30.3 Å². The summed E-state index contributed by atoms with van der Waals surface area (Å²) in [5.41, 5.74) is 1.71. The van der Waals surface area contributed by atoms with Crippen molar-refractivity contribution in [2.75, 3.05) is 25.7 Å². The monoisotopic (exact) mass is 414 g/mol. The van der Waals surface area contributed by atoms with Gasteiger partial charge >= 0.3 is 6.09 Å². The number of nitrogens with one attached hydrogen (secondary N) is 1. The fourth-order valence-corrected chi connectivity index (χ4v) is 2.91. The Morgan fingerprint density at radius 3 is 2.07 bits per heavy atom. The molecule has 0 aromatic heterocycles. The predicted molar refractivity (Wildman–Crippen MR) is 116 cm³/mol. The van der Waals surface area contributed by atoms with E-state index in [1.807, 2.05) is 49.4 Å². The summed E-state index contributed by atoms with van der Waals surface area (Å²) in [6.07, 6.45) is -0.654. The van der Waals surface area contributed by atoms with Gasteiger partial charge in [-0.05, 0) is 51.0 Å². The van der Waals surface area contributed by atoms with Crippen LogP contribution in [0, 0.1) is 6.92 Å². The summed E-state index contributed by atoms with van der Waals surface area (Å²) in [4.78, 5) is 26.7. The largest absolute Gasteiger partial charge is 0.494 e. The van der Waals surface area contributed by atoms with Crippen LogP contribution < -0.4 is 19.7 Å². The number of alkyl carbamates (subject to hydrolysis) is 1. The van der Waals surface area contributed by atoms with Gasteiger partial charge in [0.2, 0.25) is 5.91 Å². The van der Waals surface area contributed by atoms with Gasteiger partial charge in [0, 0.05) is 0 Å². The Labute approximate surface area is 177 Å². The molecule has 2 amide bonds. The molecule has 0 fully saturated rings. The number of carbonyl (C=O) groups excluding carboxylic acids is 2. The minimum Gasteiger partial charge on any atom is -0.494 e. The van der Waals surface area contributed by atoms with E-state index in [-0.39, 0.29) is 19.0 Å². The van der Waals surface area contributed by atoms with E-state index < -0.39 is 11.7 Å². The highest BCUT2D eigenvalue weighted by Crippen LogP contribution is 2.40.